The van der Waals surface area contributed by atoms with Crippen LogP contribution in [0.4, 0.5) is 5.95 Å². The van der Waals surface area contributed by atoms with E-state index in [-0.39, 0.29) is 5.91 Å². The number of nitrogens with one attached hydrogen (secondary N) is 2. The number of amides is 1. The van der Waals surface area contributed by atoms with Gasteiger partial charge in [-0.25, -0.2) is 4.98 Å². The van der Waals surface area contributed by atoms with E-state index in [0.29, 0.717) is 11.5 Å². The molecular weight excluding hydrogens is 274 g/mol. The van der Waals surface area contributed by atoms with E-state index >= 15 is 0 Å². The summed E-state index contributed by atoms with van der Waals surface area (Å²) in [5.74, 6) is 0.307. The van der Waals surface area contributed by atoms with Crippen molar-refractivity contribution in [3.05, 3.63) is 83.2 Å². The van der Waals surface area contributed by atoms with Crippen LogP contribution in [0.5, 0.6) is 0 Å². The Bertz CT molecular complexity index is 764. The molecule has 0 bridgehead atoms. The Kier molecular flexibility index (Phi) is 4.01. The summed E-state index contributed by atoms with van der Waals surface area (Å²) in [5, 5.41) is 2.79. The molecule has 0 saturated carbocycles. The second-order valence-electron chi connectivity index (χ2n) is 5.16. The zero-order valence-corrected chi connectivity index (χ0v) is 12.3. The van der Waals surface area contributed by atoms with E-state index in [2.05, 4.69) is 27.4 Å². The first-order chi connectivity index (χ1) is 10.7. The average Bonchev–Trinajstić information content (AvgIpc) is 3.03. The molecule has 0 fully saturated rings. The van der Waals surface area contributed by atoms with Crippen molar-refractivity contribution in [2.45, 2.75) is 13.3 Å². The lowest BCUT2D eigenvalue weighted by Crippen LogP contribution is -2.16. The zero-order valence-electron chi connectivity index (χ0n) is 12.3. The number of hydrogen-bond donors (Lipinski definition) is 2. The minimum Gasteiger partial charge on any atom is -0.331 e. The minimum absolute atomic E-state index is 0.149. The van der Waals surface area contributed by atoms with E-state index in [4.69, 9.17) is 0 Å². The maximum atomic E-state index is 12.5. The van der Waals surface area contributed by atoms with Crippen LogP contribution in [0.15, 0.2) is 60.9 Å². The van der Waals surface area contributed by atoms with E-state index in [1.165, 1.54) is 5.56 Å². The number of anilines is 1. The van der Waals surface area contributed by atoms with Gasteiger partial charge in [-0.3, -0.25) is 10.1 Å². The summed E-state index contributed by atoms with van der Waals surface area (Å²) in [4.78, 5) is 19.4. The molecule has 4 heteroatoms. The van der Waals surface area contributed by atoms with Gasteiger partial charge < -0.3 is 4.98 Å². The topological polar surface area (TPSA) is 57.8 Å². The van der Waals surface area contributed by atoms with E-state index in [0.717, 1.165) is 17.5 Å². The van der Waals surface area contributed by atoms with Gasteiger partial charge in [-0.2, -0.15) is 0 Å². The maximum Gasteiger partial charge on any atom is 0.258 e. The van der Waals surface area contributed by atoms with E-state index in [1.54, 1.807) is 12.4 Å². The molecule has 4 nitrogen and oxygen atoms in total. The van der Waals surface area contributed by atoms with Crippen molar-refractivity contribution < 1.29 is 4.79 Å². The lowest BCUT2D eigenvalue weighted by atomic mass is 9.95. The first-order valence-electron chi connectivity index (χ1n) is 7.17. The molecular formula is C18H17N3O. The van der Waals surface area contributed by atoms with Crippen molar-refractivity contribution in [2.24, 2.45) is 0 Å². The number of hydrogen-bond acceptors (Lipinski definition) is 2. The average molecular weight is 291 g/mol. The number of carbonyl (C=O) groups is 1. The van der Waals surface area contributed by atoms with Crippen LogP contribution in [0.2, 0.25) is 0 Å². The Labute approximate surface area is 129 Å². The fourth-order valence-electron chi connectivity index (χ4n) is 2.46. The first kappa shape index (κ1) is 14.1. The van der Waals surface area contributed by atoms with Crippen LogP contribution in [0.3, 0.4) is 0 Å². The predicted molar refractivity (Wildman–Crippen MR) is 87.0 cm³/mol. The molecule has 0 aliphatic heterocycles. The number of aryl methyl sites for hydroxylation is 1. The van der Waals surface area contributed by atoms with Gasteiger partial charge in [0, 0.05) is 18.0 Å². The van der Waals surface area contributed by atoms with E-state index in [1.807, 2.05) is 43.3 Å². The molecule has 0 spiro atoms. The Hall–Kier alpha value is -2.88. The monoisotopic (exact) mass is 291 g/mol. The number of benzene rings is 2. The highest BCUT2D eigenvalue weighted by Crippen LogP contribution is 2.19. The van der Waals surface area contributed by atoms with Gasteiger partial charge in [0.05, 0.1) is 0 Å². The van der Waals surface area contributed by atoms with Crippen molar-refractivity contribution in [1.82, 2.24) is 9.97 Å². The molecule has 1 amide bonds. The van der Waals surface area contributed by atoms with Gasteiger partial charge in [-0.1, -0.05) is 42.5 Å². The Morgan fingerprint density at radius 1 is 1.14 bits per heavy atom. The highest BCUT2D eigenvalue weighted by atomic mass is 16.1. The summed E-state index contributed by atoms with van der Waals surface area (Å²) in [6.45, 7) is 2.03. The van der Waals surface area contributed by atoms with Crippen LogP contribution in [0, 0.1) is 6.92 Å². The van der Waals surface area contributed by atoms with E-state index < -0.39 is 0 Å². The number of H-pyrrole nitrogens is 1. The second-order valence-corrected chi connectivity index (χ2v) is 5.16. The highest BCUT2D eigenvalue weighted by Gasteiger charge is 2.14. The van der Waals surface area contributed by atoms with Crippen LogP contribution in [-0.4, -0.2) is 15.9 Å². The number of aromatic amines is 1. The van der Waals surface area contributed by atoms with E-state index in [9.17, 15) is 4.79 Å². The van der Waals surface area contributed by atoms with Gasteiger partial charge in [-0.15, -0.1) is 0 Å². The molecule has 2 N–H and O–H groups in total. The van der Waals surface area contributed by atoms with Gasteiger partial charge in [0.1, 0.15) is 0 Å². The largest absolute Gasteiger partial charge is 0.331 e. The maximum absolute atomic E-state index is 12.5. The number of carbonyl (C=O) groups excluding carboxylic acids is 1. The molecule has 1 aromatic heterocycles. The molecule has 22 heavy (non-hydrogen) atoms. The van der Waals surface area contributed by atoms with Gasteiger partial charge in [0.15, 0.2) is 0 Å². The molecule has 0 aliphatic rings. The Morgan fingerprint density at radius 2 is 1.95 bits per heavy atom. The summed E-state index contributed by atoms with van der Waals surface area (Å²) in [6, 6.07) is 15.9. The summed E-state index contributed by atoms with van der Waals surface area (Å²) < 4.78 is 0. The quantitative estimate of drug-likeness (QED) is 0.772. The molecule has 0 aliphatic carbocycles. The third-order valence-corrected chi connectivity index (χ3v) is 3.61. The van der Waals surface area contributed by atoms with Crippen LogP contribution in [0.1, 0.15) is 27.0 Å². The second kappa shape index (κ2) is 6.26. The lowest BCUT2D eigenvalue weighted by molar-refractivity contribution is 0.102. The molecule has 2 aromatic carbocycles. The first-order valence-corrected chi connectivity index (χ1v) is 7.17. The summed E-state index contributed by atoms with van der Waals surface area (Å²) in [5.41, 5.74) is 4.01. The lowest BCUT2D eigenvalue weighted by Gasteiger charge is -2.12. The molecule has 3 aromatic rings. The van der Waals surface area contributed by atoms with Gasteiger partial charge in [0.2, 0.25) is 5.95 Å². The fourth-order valence-corrected chi connectivity index (χ4v) is 2.46. The number of imidazole rings is 1. The molecule has 0 unspecified atom stereocenters. The SMILES string of the molecule is Cc1cccc(C(=O)Nc2ncc[nH]2)c1Cc1ccccc1. The van der Waals surface area contributed by atoms with Crippen molar-refractivity contribution in [3.63, 3.8) is 0 Å². The van der Waals surface area contributed by atoms with Crippen molar-refractivity contribution in [1.29, 1.82) is 0 Å². The van der Waals surface area contributed by atoms with Crippen molar-refractivity contribution >= 4 is 11.9 Å². The van der Waals surface area contributed by atoms with Crippen molar-refractivity contribution in [3.8, 4) is 0 Å². The molecule has 3 rings (SSSR count). The van der Waals surface area contributed by atoms with Crippen LogP contribution < -0.4 is 5.32 Å². The molecule has 0 radical (unpaired) electrons. The minimum atomic E-state index is -0.149. The fraction of sp³-hybridized carbons (Fsp3) is 0.111. The van der Waals surface area contributed by atoms with Gasteiger partial charge in [0.25, 0.3) is 5.91 Å². The van der Waals surface area contributed by atoms with Gasteiger partial charge >= 0.3 is 0 Å². The summed E-state index contributed by atoms with van der Waals surface area (Å²) >= 11 is 0. The standard InChI is InChI=1S/C18H17N3O/c1-13-6-5-9-15(17(22)21-18-19-10-11-20-18)16(13)12-14-7-3-2-4-8-14/h2-11H,12H2,1H3,(H2,19,20,21,22). The third-order valence-electron chi connectivity index (χ3n) is 3.61. The Morgan fingerprint density at radius 3 is 2.68 bits per heavy atom. The number of rotatable bonds is 4. The van der Waals surface area contributed by atoms with Crippen molar-refractivity contribution in [2.75, 3.05) is 5.32 Å². The highest BCUT2D eigenvalue weighted by molar-refractivity contribution is 6.04. The smallest absolute Gasteiger partial charge is 0.258 e. The molecule has 110 valence electrons. The molecule has 0 atom stereocenters. The van der Waals surface area contributed by atoms with Crippen LogP contribution in [-0.2, 0) is 6.42 Å². The molecule has 1 heterocycles. The predicted octanol–water partition coefficient (Wildman–Crippen LogP) is 3.56. The van der Waals surface area contributed by atoms with Crippen LogP contribution in [0.25, 0.3) is 0 Å². The number of nitrogens with zero attached hydrogens (tertiary/aromatic N) is 1. The summed E-state index contributed by atoms with van der Waals surface area (Å²) in [6.07, 6.45) is 4.02. The van der Waals surface area contributed by atoms with Gasteiger partial charge in [-0.05, 0) is 36.1 Å². The normalized spacial score (nSPS) is 10.4. The zero-order chi connectivity index (χ0) is 15.4. The third kappa shape index (κ3) is 3.06. The molecule has 0 saturated heterocycles. The van der Waals surface area contributed by atoms with Crippen LogP contribution >= 0.6 is 0 Å². The summed E-state index contributed by atoms with van der Waals surface area (Å²) in [7, 11) is 0. The Balaban J connectivity index is 1.91. The number of aromatic nitrogens is 2.